The lowest BCUT2D eigenvalue weighted by molar-refractivity contribution is -0.141. The van der Waals surface area contributed by atoms with E-state index in [0.717, 1.165) is 5.69 Å². The van der Waals surface area contributed by atoms with Crippen molar-refractivity contribution in [1.82, 2.24) is 15.1 Å². The number of carboxylic acid groups (broad SMARTS) is 1. The zero-order valence-corrected chi connectivity index (χ0v) is 11.7. The summed E-state index contributed by atoms with van der Waals surface area (Å²) in [6, 6.07) is 8.87. The zero-order chi connectivity index (χ0) is 15.2. The van der Waals surface area contributed by atoms with Crippen molar-refractivity contribution in [3.05, 3.63) is 48.3 Å². The molecule has 2 rings (SSSR count). The van der Waals surface area contributed by atoms with Gasteiger partial charge in [0.05, 0.1) is 11.6 Å². The fraction of sp³-hybridized carbons (Fsp3) is 0.267. The Balaban J connectivity index is 1.90. The highest BCUT2D eigenvalue weighted by Crippen LogP contribution is 2.08. The van der Waals surface area contributed by atoms with Crippen molar-refractivity contribution in [3.8, 4) is 5.69 Å². The van der Waals surface area contributed by atoms with Crippen molar-refractivity contribution >= 4 is 11.9 Å². The second kappa shape index (κ2) is 6.69. The van der Waals surface area contributed by atoms with E-state index in [0.29, 0.717) is 18.5 Å². The van der Waals surface area contributed by atoms with Crippen LogP contribution >= 0.6 is 0 Å². The van der Waals surface area contributed by atoms with E-state index in [1.807, 2.05) is 24.4 Å². The van der Waals surface area contributed by atoms with Crippen LogP contribution in [0.2, 0.25) is 0 Å². The summed E-state index contributed by atoms with van der Waals surface area (Å²) >= 11 is 0. The fourth-order valence-electron chi connectivity index (χ4n) is 1.81. The van der Waals surface area contributed by atoms with Crippen LogP contribution in [0.1, 0.15) is 23.7 Å². The lowest BCUT2D eigenvalue weighted by Crippen LogP contribution is -2.27. The third-order valence-corrected chi connectivity index (χ3v) is 3.18. The van der Waals surface area contributed by atoms with Crippen LogP contribution < -0.4 is 5.32 Å². The van der Waals surface area contributed by atoms with Gasteiger partial charge in [-0.05, 0) is 36.8 Å². The number of aromatic nitrogens is 2. The molecule has 1 aromatic heterocycles. The Labute approximate surface area is 122 Å². The van der Waals surface area contributed by atoms with E-state index in [2.05, 4.69) is 10.4 Å². The molecule has 1 heterocycles. The van der Waals surface area contributed by atoms with Crippen LogP contribution in [-0.4, -0.2) is 33.3 Å². The van der Waals surface area contributed by atoms with Crippen LogP contribution in [0, 0.1) is 5.92 Å². The molecule has 1 unspecified atom stereocenters. The number of hydrogen-bond donors (Lipinski definition) is 2. The molecule has 21 heavy (non-hydrogen) atoms. The third-order valence-electron chi connectivity index (χ3n) is 3.18. The van der Waals surface area contributed by atoms with E-state index < -0.39 is 11.9 Å². The van der Waals surface area contributed by atoms with Crippen molar-refractivity contribution in [3.63, 3.8) is 0 Å². The topological polar surface area (TPSA) is 84.2 Å². The number of carboxylic acids is 1. The molecule has 0 spiro atoms. The Kier molecular flexibility index (Phi) is 4.71. The Bertz CT molecular complexity index is 606. The van der Waals surface area contributed by atoms with Gasteiger partial charge in [0, 0.05) is 24.5 Å². The Hall–Kier alpha value is -2.63. The summed E-state index contributed by atoms with van der Waals surface area (Å²) in [5.74, 6) is -1.53. The molecule has 6 nitrogen and oxygen atoms in total. The average molecular weight is 287 g/mol. The lowest BCUT2D eigenvalue weighted by Gasteiger charge is -2.08. The first-order valence-electron chi connectivity index (χ1n) is 6.69. The zero-order valence-electron chi connectivity index (χ0n) is 11.7. The predicted octanol–water partition coefficient (Wildman–Crippen LogP) is 1.71. The maximum absolute atomic E-state index is 11.9. The summed E-state index contributed by atoms with van der Waals surface area (Å²) in [6.45, 7) is 1.96. The van der Waals surface area contributed by atoms with Crippen molar-refractivity contribution in [2.45, 2.75) is 13.3 Å². The first-order chi connectivity index (χ1) is 10.1. The summed E-state index contributed by atoms with van der Waals surface area (Å²) in [6.07, 6.45) is 3.92. The van der Waals surface area contributed by atoms with Gasteiger partial charge >= 0.3 is 5.97 Å². The number of rotatable bonds is 6. The van der Waals surface area contributed by atoms with Crippen LogP contribution in [0.3, 0.4) is 0 Å². The minimum Gasteiger partial charge on any atom is -0.481 e. The molecular formula is C15H17N3O3. The highest BCUT2D eigenvalue weighted by molar-refractivity contribution is 5.94. The van der Waals surface area contributed by atoms with Gasteiger partial charge in [0.25, 0.3) is 5.91 Å². The van der Waals surface area contributed by atoms with Crippen molar-refractivity contribution in [2.24, 2.45) is 5.92 Å². The monoisotopic (exact) mass is 287 g/mol. The van der Waals surface area contributed by atoms with Crippen molar-refractivity contribution in [1.29, 1.82) is 0 Å². The smallest absolute Gasteiger partial charge is 0.306 e. The predicted molar refractivity (Wildman–Crippen MR) is 77.3 cm³/mol. The minimum atomic E-state index is -0.854. The Morgan fingerprint density at radius 3 is 2.62 bits per heavy atom. The van der Waals surface area contributed by atoms with Crippen LogP contribution in [-0.2, 0) is 4.79 Å². The molecule has 2 N–H and O–H groups in total. The number of hydrogen-bond acceptors (Lipinski definition) is 3. The Morgan fingerprint density at radius 1 is 1.33 bits per heavy atom. The van der Waals surface area contributed by atoms with Crippen LogP contribution in [0.5, 0.6) is 0 Å². The van der Waals surface area contributed by atoms with Gasteiger partial charge in [-0.15, -0.1) is 0 Å². The SMILES string of the molecule is CC(CCNC(=O)c1ccc(-n2cccn2)cc1)C(=O)O. The molecule has 6 heteroatoms. The maximum atomic E-state index is 11.9. The highest BCUT2D eigenvalue weighted by Gasteiger charge is 2.11. The van der Waals surface area contributed by atoms with Gasteiger partial charge in [0.15, 0.2) is 0 Å². The number of aliphatic carboxylic acids is 1. The van der Waals surface area contributed by atoms with Crippen LogP contribution in [0.15, 0.2) is 42.7 Å². The van der Waals surface area contributed by atoms with Gasteiger partial charge in [-0.3, -0.25) is 9.59 Å². The molecule has 0 fully saturated rings. The van der Waals surface area contributed by atoms with E-state index in [1.54, 1.807) is 29.9 Å². The normalized spacial score (nSPS) is 11.9. The fourth-order valence-corrected chi connectivity index (χ4v) is 1.81. The third kappa shape index (κ3) is 3.92. The molecule has 1 amide bonds. The lowest BCUT2D eigenvalue weighted by atomic mass is 10.1. The summed E-state index contributed by atoms with van der Waals surface area (Å²) in [4.78, 5) is 22.6. The number of nitrogens with one attached hydrogen (secondary N) is 1. The molecule has 0 saturated carbocycles. The molecule has 0 aliphatic rings. The van der Waals surface area contributed by atoms with Crippen LogP contribution in [0.4, 0.5) is 0 Å². The molecule has 1 atom stereocenters. The minimum absolute atomic E-state index is 0.209. The number of amides is 1. The second-order valence-corrected chi connectivity index (χ2v) is 4.78. The van der Waals surface area contributed by atoms with Gasteiger partial charge in [0.1, 0.15) is 0 Å². The van der Waals surface area contributed by atoms with Crippen molar-refractivity contribution < 1.29 is 14.7 Å². The molecule has 1 aromatic carbocycles. The average Bonchev–Trinajstić information content (AvgIpc) is 3.01. The molecule has 110 valence electrons. The quantitative estimate of drug-likeness (QED) is 0.847. The molecular weight excluding hydrogens is 270 g/mol. The first kappa shape index (κ1) is 14.8. The molecule has 0 aliphatic carbocycles. The summed E-state index contributed by atoms with van der Waals surface area (Å²) in [5, 5.41) is 15.6. The largest absolute Gasteiger partial charge is 0.481 e. The summed E-state index contributed by atoms with van der Waals surface area (Å²) in [7, 11) is 0. The number of carbonyl (C=O) groups excluding carboxylic acids is 1. The summed E-state index contributed by atoms with van der Waals surface area (Å²) < 4.78 is 1.70. The number of benzene rings is 1. The molecule has 0 radical (unpaired) electrons. The van der Waals surface area contributed by atoms with E-state index >= 15 is 0 Å². The highest BCUT2D eigenvalue weighted by atomic mass is 16.4. The Morgan fingerprint density at radius 2 is 2.05 bits per heavy atom. The van der Waals surface area contributed by atoms with Gasteiger partial charge in [-0.25, -0.2) is 4.68 Å². The van der Waals surface area contributed by atoms with E-state index in [4.69, 9.17) is 5.11 Å². The standard InChI is InChI=1S/C15H17N3O3/c1-11(15(20)21)7-9-16-14(19)12-3-5-13(6-4-12)18-10-2-8-17-18/h2-6,8,10-11H,7,9H2,1H3,(H,16,19)(H,20,21). The van der Waals surface area contributed by atoms with Gasteiger partial charge in [-0.2, -0.15) is 5.10 Å². The molecule has 0 bridgehead atoms. The summed E-state index contributed by atoms with van der Waals surface area (Å²) in [5.41, 5.74) is 1.41. The van der Waals surface area contributed by atoms with Gasteiger partial charge in [0.2, 0.25) is 0 Å². The molecule has 2 aromatic rings. The van der Waals surface area contributed by atoms with Gasteiger partial charge < -0.3 is 10.4 Å². The van der Waals surface area contributed by atoms with Crippen molar-refractivity contribution in [2.75, 3.05) is 6.54 Å². The number of nitrogens with zero attached hydrogens (tertiary/aromatic N) is 2. The van der Waals surface area contributed by atoms with E-state index in [-0.39, 0.29) is 5.91 Å². The molecule has 0 saturated heterocycles. The van der Waals surface area contributed by atoms with E-state index in [9.17, 15) is 9.59 Å². The van der Waals surface area contributed by atoms with Gasteiger partial charge in [-0.1, -0.05) is 6.92 Å². The maximum Gasteiger partial charge on any atom is 0.306 e. The first-order valence-corrected chi connectivity index (χ1v) is 6.69. The molecule has 0 aliphatic heterocycles. The second-order valence-electron chi connectivity index (χ2n) is 4.78. The van der Waals surface area contributed by atoms with Crippen LogP contribution in [0.25, 0.3) is 5.69 Å². The van der Waals surface area contributed by atoms with E-state index in [1.165, 1.54) is 0 Å². The number of carbonyl (C=O) groups is 2.